The topological polar surface area (TPSA) is 79.7 Å². The SMILES string of the molecule is C=CCOc1cccc(C2/C(=C(\O)c3ccc(F)cc3)C(=O)C(=O)N2c2nc3c(C)cc(C)cc3s2)c1. The van der Waals surface area contributed by atoms with Crippen LogP contribution in [-0.4, -0.2) is 28.4 Å². The zero-order valence-electron chi connectivity index (χ0n) is 20.2. The number of nitrogens with zero attached hydrogens (tertiary/aromatic N) is 2. The van der Waals surface area contributed by atoms with Gasteiger partial charge in [-0.1, -0.05) is 42.2 Å². The van der Waals surface area contributed by atoms with E-state index in [1.165, 1.54) is 40.5 Å². The number of aromatic nitrogens is 1. The van der Waals surface area contributed by atoms with E-state index in [2.05, 4.69) is 6.58 Å². The number of amides is 1. The van der Waals surface area contributed by atoms with Gasteiger partial charge >= 0.3 is 5.91 Å². The average Bonchev–Trinajstić information content (AvgIpc) is 3.41. The highest BCUT2D eigenvalue weighted by Gasteiger charge is 2.48. The summed E-state index contributed by atoms with van der Waals surface area (Å²) < 4.78 is 20.1. The minimum absolute atomic E-state index is 0.107. The fourth-order valence-electron chi connectivity index (χ4n) is 4.50. The van der Waals surface area contributed by atoms with Crippen molar-refractivity contribution in [1.29, 1.82) is 0 Å². The number of thiazole rings is 1. The monoisotopic (exact) mass is 514 g/mol. The second kappa shape index (κ2) is 9.63. The van der Waals surface area contributed by atoms with Crippen LogP contribution >= 0.6 is 11.3 Å². The van der Waals surface area contributed by atoms with Crippen LogP contribution in [0.2, 0.25) is 0 Å². The number of hydrogen-bond donors (Lipinski definition) is 1. The first-order valence-corrected chi connectivity index (χ1v) is 12.4. The van der Waals surface area contributed by atoms with Crippen molar-refractivity contribution in [2.24, 2.45) is 0 Å². The number of fused-ring (bicyclic) bond motifs is 1. The minimum Gasteiger partial charge on any atom is -0.507 e. The lowest BCUT2D eigenvalue weighted by Gasteiger charge is -2.23. The molecule has 3 aromatic carbocycles. The van der Waals surface area contributed by atoms with Crippen molar-refractivity contribution in [2.75, 3.05) is 11.5 Å². The van der Waals surface area contributed by atoms with Gasteiger partial charge in [0.2, 0.25) is 0 Å². The van der Waals surface area contributed by atoms with Crippen LogP contribution in [-0.2, 0) is 9.59 Å². The molecule has 37 heavy (non-hydrogen) atoms. The number of Topliss-reactive ketones (excluding diaryl/α,β-unsaturated/α-hetero) is 1. The van der Waals surface area contributed by atoms with Gasteiger partial charge in [0.1, 0.15) is 23.9 Å². The number of hydrogen-bond acceptors (Lipinski definition) is 6. The van der Waals surface area contributed by atoms with Gasteiger partial charge in [-0.25, -0.2) is 9.37 Å². The first-order valence-electron chi connectivity index (χ1n) is 11.6. The van der Waals surface area contributed by atoms with Gasteiger partial charge < -0.3 is 9.84 Å². The summed E-state index contributed by atoms with van der Waals surface area (Å²) in [6.07, 6.45) is 1.61. The molecule has 1 fully saturated rings. The number of aryl methyl sites for hydroxylation is 2. The maximum Gasteiger partial charge on any atom is 0.301 e. The Kier molecular flexibility index (Phi) is 6.35. The Bertz CT molecular complexity index is 1590. The van der Waals surface area contributed by atoms with E-state index in [0.717, 1.165) is 21.3 Å². The van der Waals surface area contributed by atoms with Gasteiger partial charge in [-0.05, 0) is 73.0 Å². The van der Waals surface area contributed by atoms with Crippen LogP contribution in [0.15, 0.2) is 78.9 Å². The van der Waals surface area contributed by atoms with Crippen LogP contribution in [0.3, 0.4) is 0 Å². The first-order chi connectivity index (χ1) is 17.8. The number of aliphatic hydroxyl groups excluding tert-OH is 1. The molecule has 6 nitrogen and oxygen atoms in total. The number of carbonyl (C=O) groups is 2. The molecule has 0 aliphatic carbocycles. The molecule has 1 atom stereocenters. The third-order valence-corrected chi connectivity index (χ3v) is 7.13. The predicted octanol–water partition coefficient (Wildman–Crippen LogP) is 6.24. The Morgan fingerprint density at radius 1 is 1.16 bits per heavy atom. The lowest BCUT2D eigenvalue weighted by molar-refractivity contribution is -0.132. The second-order valence-electron chi connectivity index (χ2n) is 8.77. The van der Waals surface area contributed by atoms with Crippen molar-refractivity contribution in [3.63, 3.8) is 0 Å². The van der Waals surface area contributed by atoms with E-state index >= 15 is 0 Å². The molecule has 1 aliphatic heterocycles. The molecule has 2 heterocycles. The molecule has 0 spiro atoms. The van der Waals surface area contributed by atoms with Crippen LogP contribution < -0.4 is 9.64 Å². The van der Waals surface area contributed by atoms with Gasteiger partial charge in [-0.2, -0.15) is 0 Å². The third-order valence-electron chi connectivity index (χ3n) is 6.13. The number of anilines is 1. The predicted molar refractivity (Wildman–Crippen MR) is 142 cm³/mol. The summed E-state index contributed by atoms with van der Waals surface area (Å²) in [5, 5.41) is 11.6. The average molecular weight is 515 g/mol. The highest BCUT2D eigenvalue weighted by molar-refractivity contribution is 7.22. The van der Waals surface area contributed by atoms with Gasteiger partial charge in [0.25, 0.3) is 5.78 Å². The van der Waals surface area contributed by atoms with Gasteiger partial charge in [0.15, 0.2) is 5.13 Å². The molecule has 5 rings (SSSR count). The summed E-state index contributed by atoms with van der Waals surface area (Å²) in [7, 11) is 0. The largest absolute Gasteiger partial charge is 0.507 e. The highest BCUT2D eigenvalue weighted by atomic mass is 32.1. The maximum absolute atomic E-state index is 13.5. The Morgan fingerprint density at radius 3 is 2.65 bits per heavy atom. The fourth-order valence-corrected chi connectivity index (χ4v) is 5.67. The number of aliphatic hydroxyl groups is 1. The van der Waals surface area contributed by atoms with Crippen molar-refractivity contribution in [3.05, 3.63) is 107 Å². The quantitative estimate of drug-likeness (QED) is 0.143. The smallest absolute Gasteiger partial charge is 0.301 e. The van der Waals surface area contributed by atoms with E-state index in [-0.39, 0.29) is 17.7 Å². The Balaban J connectivity index is 1.72. The van der Waals surface area contributed by atoms with E-state index in [0.29, 0.717) is 16.4 Å². The van der Waals surface area contributed by atoms with Crippen molar-refractivity contribution in [1.82, 2.24) is 4.98 Å². The third kappa shape index (κ3) is 4.40. The van der Waals surface area contributed by atoms with Gasteiger partial charge in [-0.3, -0.25) is 14.5 Å². The molecule has 0 radical (unpaired) electrons. The Morgan fingerprint density at radius 2 is 1.92 bits per heavy atom. The molecule has 8 heteroatoms. The number of halogens is 1. The number of ketones is 1. The summed E-state index contributed by atoms with van der Waals surface area (Å²) in [4.78, 5) is 32.9. The zero-order valence-corrected chi connectivity index (χ0v) is 21.0. The summed E-state index contributed by atoms with van der Waals surface area (Å²) in [5.41, 5.74) is 3.42. The molecule has 4 aromatic rings. The molecular formula is C29H23FN2O4S. The molecule has 0 saturated carbocycles. The first kappa shape index (κ1) is 24.4. The molecule has 1 saturated heterocycles. The summed E-state index contributed by atoms with van der Waals surface area (Å²) in [6.45, 7) is 7.86. The number of rotatable bonds is 6. The summed E-state index contributed by atoms with van der Waals surface area (Å²) in [5.74, 6) is -2.02. The maximum atomic E-state index is 13.5. The number of benzene rings is 3. The molecular weight excluding hydrogens is 491 g/mol. The van der Waals surface area contributed by atoms with E-state index < -0.39 is 29.3 Å². The Hall–Kier alpha value is -4.30. The van der Waals surface area contributed by atoms with Gasteiger partial charge in [0.05, 0.1) is 21.8 Å². The van der Waals surface area contributed by atoms with Crippen LogP contribution in [0.4, 0.5) is 9.52 Å². The highest BCUT2D eigenvalue weighted by Crippen LogP contribution is 2.45. The molecule has 1 aromatic heterocycles. The normalized spacial score (nSPS) is 16.9. The van der Waals surface area contributed by atoms with E-state index in [1.807, 2.05) is 26.0 Å². The molecule has 1 aliphatic rings. The van der Waals surface area contributed by atoms with E-state index in [9.17, 15) is 19.1 Å². The van der Waals surface area contributed by atoms with Crippen LogP contribution in [0.1, 0.15) is 28.3 Å². The van der Waals surface area contributed by atoms with Crippen LogP contribution in [0.5, 0.6) is 5.75 Å². The number of carbonyl (C=O) groups excluding carboxylic acids is 2. The zero-order chi connectivity index (χ0) is 26.3. The lowest BCUT2D eigenvalue weighted by atomic mass is 9.95. The Labute approximate surface area is 217 Å². The minimum atomic E-state index is -0.973. The van der Waals surface area contributed by atoms with Crippen molar-refractivity contribution in [3.8, 4) is 5.75 Å². The van der Waals surface area contributed by atoms with Crippen LogP contribution in [0.25, 0.3) is 16.0 Å². The fraction of sp³-hybridized carbons (Fsp3) is 0.138. The van der Waals surface area contributed by atoms with E-state index in [4.69, 9.17) is 9.72 Å². The van der Waals surface area contributed by atoms with Crippen molar-refractivity contribution < 1.29 is 23.8 Å². The molecule has 1 N–H and O–H groups in total. The lowest BCUT2D eigenvalue weighted by Crippen LogP contribution is -2.29. The second-order valence-corrected chi connectivity index (χ2v) is 9.78. The van der Waals surface area contributed by atoms with Gasteiger partial charge in [0, 0.05) is 5.56 Å². The summed E-state index contributed by atoms with van der Waals surface area (Å²) in [6, 6.07) is 15.1. The molecule has 1 amide bonds. The van der Waals surface area contributed by atoms with Gasteiger partial charge in [-0.15, -0.1) is 0 Å². The molecule has 1 unspecified atom stereocenters. The standard InChI is InChI=1S/C29H23FN2O4S/c1-4-12-36-21-7-5-6-19(15-21)25-23(26(33)18-8-10-20(30)11-9-18)27(34)28(35)32(25)29-31-24-17(3)13-16(2)14-22(24)37-29/h4-11,13-15,25,33H,1,12H2,2-3H3/b26-23+. The molecule has 186 valence electrons. The van der Waals surface area contributed by atoms with Crippen molar-refractivity contribution in [2.45, 2.75) is 19.9 Å². The van der Waals surface area contributed by atoms with Crippen LogP contribution in [0, 0.1) is 19.7 Å². The van der Waals surface area contributed by atoms with E-state index in [1.54, 1.807) is 30.3 Å². The number of ether oxygens (including phenoxy) is 1. The molecule has 0 bridgehead atoms. The van der Waals surface area contributed by atoms with Crippen molar-refractivity contribution >= 4 is 44.1 Å². The summed E-state index contributed by atoms with van der Waals surface area (Å²) >= 11 is 1.30.